The van der Waals surface area contributed by atoms with Gasteiger partial charge in [0, 0.05) is 37.2 Å². The molecule has 2 aromatic rings. The molecule has 3 heterocycles. The molecular weight excluding hydrogens is 316 g/mol. The maximum atomic E-state index is 6.16. The predicted molar refractivity (Wildman–Crippen MR) is 91.3 cm³/mol. The number of nitrogens with one attached hydrogen (secondary N) is 1. The van der Waals surface area contributed by atoms with Crippen LogP contribution in [-0.2, 0) is 0 Å². The Balaban J connectivity index is 0.00000156. The molecule has 7 nitrogen and oxygen atoms in total. The van der Waals surface area contributed by atoms with E-state index in [0.717, 1.165) is 37.2 Å². The van der Waals surface area contributed by atoms with Crippen molar-refractivity contribution in [3.63, 3.8) is 0 Å². The van der Waals surface area contributed by atoms with E-state index in [1.807, 2.05) is 31.2 Å². The van der Waals surface area contributed by atoms with Crippen molar-refractivity contribution in [1.82, 2.24) is 10.1 Å². The number of nitrogens with two attached hydrogens (primary N) is 1. The summed E-state index contributed by atoms with van der Waals surface area (Å²) in [7, 11) is 0. The lowest BCUT2D eigenvalue weighted by molar-refractivity contribution is 0.346. The quantitative estimate of drug-likeness (QED) is 0.827. The number of aryl methyl sites for hydroxylation is 1. The van der Waals surface area contributed by atoms with Crippen LogP contribution in [-0.4, -0.2) is 34.7 Å². The summed E-state index contributed by atoms with van der Waals surface area (Å²) in [6, 6.07) is 8.60. The number of aliphatic imine (C=N–C) groups is 1. The number of fused-ring (bicyclic) bond motifs is 1. The van der Waals surface area contributed by atoms with Gasteiger partial charge in [-0.25, -0.2) is 4.99 Å². The van der Waals surface area contributed by atoms with Crippen molar-refractivity contribution in [1.29, 1.82) is 0 Å². The lowest BCUT2D eigenvalue weighted by Crippen LogP contribution is -2.51. The molecule has 0 atom stereocenters. The molecule has 2 aliphatic rings. The van der Waals surface area contributed by atoms with E-state index >= 15 is 0 Å². The van der Waals surface area contributed by atoms with Crippen LogP contribution < -0.4 is 16.0 Å². The first-order valence-corrected chi connectivity index (χ1v) is 7.43. The molecule has 1 aromatic carbocycles. The van der Waals surface area contributed by atoms with Gasteiger partial charge in [0.1, 0.15) is 11.5 Å². The summed E-state index contributed by atoms with van der Waals surface area (Å²) in [5.41, 5.74) is 7.86. The van der Waals surface area contributed by atoms with Crippen LogP contribution in [0.5, 0.6) is 0 Å². The minimum absolute atomic E-state index is 0. The third-order valence-corrected chi connectivity index (χ3v) is 4.28. The Hall–Kier alpha value is -2.28. The maximum Gasteiger partial charge on any atom is 0.324 e. The zero-order valence-electron chi connectivity index (χ0n) is 12.8. The van der Waals surface area contributed by atoms with Crippen LogP contribution in [0.25, 0.3) is 0 Å². The molecule has 0 radical (unpaired) electrons. The highest BCUT2D eigenvalue weighted by atomic mass is 35.5. The fourth-order valence-corrected chi connectivity index (χ4v) is 3.10. The van der Waals surface area contributed by atoms with Crippen LogP contribution in [0.1, 0.15) is 24.2 Å². The Morgan fingerprint density at radius 2 is 2.00 bits per heavy atom. The number of benzene rings is 1. The number of hydrogen-bond donors (Lipinski definition) is 2. The van der Waals surface area contributed by atoms with E-state index < -0.39 is 0 Å². The summed E-state index contributed by atoms with van der Waals surface area (Å²) in [4.78, 5) is 11.1. The largest absolute Gasteiger partial charge is 0.383 e. The highest BCUT2D eigenvalue weighted by molar-refractivity contribution is 6.04. The molecule has 2 aliphatic heterocycles. The highest BCUT2D eigenvalue weighted by Gasteiger charge is 2.38. The molecular formula is C15H19ClN6O. The second kappa shape index (κ2) is 5.73. The SMILES string of the molecule is Cc1noc(N2CCC3(CC2)N=C(N)c2ccccc2N3)n1.Cl. The van der Waals surface area contributed by atoms with Gasteiger partial charge in [-0.3, -0.25) is 0 Å². The molecule has 0 saturated carbocycles. The van der Waals surface area contributed by atoms with Gasteiger partial charge < -0.3 is 20.5 Å². The van der Waals surface area contributed by atoms with Gasteiger partial charge in [-0.15, -0.1) is 12.4 Å². The number of anilines is 2. The molecule has 4 rings (SSSR count). The van der Waals surface area contributed by atoms with E-state index in [1.165, 1.54) is 0 Å². The molecule has 23 heavy (non-hydrogen) atoms. The van der Waals surface area contributed by atoms with Crippen molar-refractivity contribution in [3.05, 3.63) is 35.7 Å². The monoisotopic (exact) mass is 334 g/mol. The Morgan fingerprint density at radius 1 is 1.26 bits per heavy atom. The van der Waals surface area contributed by atoms with Crippen LogP contribution in [0.4, 0.5) is 11.7 Å². The van der Waals surface area contributed by atoms with Crippen molar-refractivity contribution >= 4 is 29.9 Å². The summed E-state index contributed by atoms with van der Waals surface area (Å²) in [6.45, 7) is 3.42. The number of hydrogen-bond acceptors (Lipinski definition) is 7. The average Bonchev–Trinajstić information content (AvgIpc) is 2.94. The molecule has 122 valence electrons. The summed E-state index contributed by atoms with van der Waals surface area (Å²) < 4.78 is 5.24. The summed E-state index contributed by atoms with van der Waals surface area (Å²) in [5, 5.41) is 7.41. The highest BCUT2D eigenvalue weighted by Crippen LogP contribution is 2.34. The van der Waals surface area contributed by atoms with Crippen LogP contribution >= 0.6 is 12.4 Å². The molecule has 0 aliphatic carbocycles. The van der Waals surface area contributed by atoms with E-state index in [-0.39, 0.29) is 18.1 Å². The van der Waals surface area contributed by atoms with Gasteiger partial charge >= 0.3 is 6.01 Å². The Morgan fingerprint density at radius 3 is 2.70 bits per heavy atom. The third kappa shape index (κ3) is 2.72. The number of amidine groups is 1. The molecule has 0 unspecified atom stereocenters. The minimum atomic E-state index is -0.329. The van der Waals surface area contributed by atoms with Gasteiger partial charge in [0.05, 0.1) is 0 Å². The standard InChI is InChI=1S/C15H18N6O.ClH/c1-10-17-14(22-20-10)21-8-6-15(7-9-21)18-12-5-3-2-4-11(12)13(16)19-15;/h2-5,18H,6-9H2,1H3,(H2,16,19);1H. The zero-order valence-corrected chi connectivity index (χ0v) is 13.6. The first-order chi connectivity index (χ1) is 10.7. The molecule has 1 aromatic heterocycles. The van der Waals surface area contributed by atoms with Crippen molar-refractivity contribution < 1.29 is 4.52 Å². The summed E-state index contributed by atoms with van der Waals surface area (Å²) in [5.74, 6) is 1.26. The summed E-state index contributed by atoms with van der Waals surface area (Å²) >= 11 is 0. The maximum absolute atomic E-state index is 6.16. The second-order valence-electron chi connectivity index (χ2n) is 5.81. The number of para-hydroxylation sites is 1. The zero-order chi connectivity index (χ0) is 15.2. The second-order valence-corrected chi connectivity index (χ2v) is 5.81. The van der Waals surface area contributed by atoms with Crippen LogP contribution in [0.3, 0.4) is 0 Å². The minimum Gasteiger partial charge on any atom is -0.383 e. The van der Waals surface area contributed by atoms with Gasteiger partial charge in [-0.2, -0.15) is 4.98 Å². The first-order valence-electron chi connectivity index (χ1n) is 7.43. The molecule has 1 spiro atoms. The van der Waals surface area contributed by atoms with E-state index in [4.69, 9.17) is 15.2 Å². The van der Waals surface area contributed by atoms with E-state index in [0.29, 0.717) is 17.7 Å². The molecule has 8 heteroatoms. The topological polar surface area (TPSA) is 92.6 Å². The van der Waals surface area contributed by atoms with E-state index in [1.54, 1.807) is 0 Å². The fraction of sp³-hybridized carbons (Fsp3) is 0.400. The molecule has 0 bridgehead atoms. The number of aromatic nitrogens is 2. The van der Waals surface area contributed by atoms with Gasteiger partial charge in [0.2, 0.25) is 0 Å². The van der Waals surface area contributed by atoms with Gasteiger partial charge in [0.15, 0.2) is 5.82 Å². The first kappa shape index (κ1) is 15.6. The van der Waals surface area contributed by atoms with Crippen molar-refractivity contribution in [3.8, 4) is 0 Å². The predicted octanol–water partition coefficient (Wildman–Crippen LogP) is 1.93. The number of halogens is 1. The van der Waals surface area contributed by atoms with Crippen LogP contribution in [0.2, 0.25) is 0 Å². The lowest BCUT2D eigenvalue weighted by atomic mass is 9.94. The lowest BCUT2D eigenvalue weighted by Gasteiger charge is -2.42. The Kier molecular flexibility index (Phi) is 3.89. The normalized spacial score (nSPS) is 18.7. The molecule has 1 saturated heterocycles. The molecule has 3 N–H and O–H groups in total. The average molecular weight is 335 g/mol. The molecule has 0 amide bonds. The summed E-state index contributed by atoms with van der Waals surface area (Å²) in [6.07, 6.45) is 1.67. The third-order valence-electron chi connectivity index (χ3n) is 4.28. The van der Waals surface area contributed by atoms with Crippen molar-refractivity contribution in [2.75, 3.05) is 23.3 Å². The number of nitrogens with zero attached hydrogens (tertiary/aromatic N) is 4. The van der Waals surface area contributed by atoms with Crippen LogP contribution in [0, 0.1) is 6.92 Å². The van der Waals surface area contributed by atoms with Crippen LogP contribution in [0.15, 0.2) is 33.8 Å². The van der Waals surface area contributed by atoms with Crippen molar-refractivity contribution in [2.24, 2.45) is 10.7 Å². The number of piperidine rings is 1. The van der Waals surface area contributed by atoms with E-state index in [9.17, 15) is 0 Å². The van der Waals surface area contributed by atoms with Gasteiger partial charge in [-0.1, -0.05) is 17.3 Å². The Labute approximate surface area is 140 Å². The van der Waals surface area contributed by atoms with Gasteiger partial charge in [0.25, 0.3) is 0 Å². The fourth-order valence-electron chi connectivity index (χ4n) is 3.10. The Bertz CT molecular complexity index is 735. The molecule has 1 fully saturated rings. The smallest absolute Gasteiger partial charge is 0.324 e. The van der Waals surface area contributed by atoms with Crippen molar-refractivity contribution in [2.45, 2.75) is 25.4 Å². The number of rotatable bonds is 1. The van der Waals surface area contributed by atoms with E-state index in [2.05, 4.69) is 20.4 Å². The van der Waals surface area contributed by atoms with Gasteiger partial charge in [-0.05, 0) is 19.1 Å².